The number of nitrogens with two attached hydrogens (primary N) is 2. The second-order valence-corrected chi connectivity index (χ2v) is 5.80. The van der Waals surface area contributed by atoms with Gasteiger partial charge in [0, 0.05) is 31.9 Å². The van der Waals surface area contributed by atoms with Crippen LogP contribution in [0.5, 0.6) is 0 Å². The Labute approximate surface area is 127 Å². The molecule has 1 aromatic rings. The summed E-state index contributed by atoms with van der Waals surface area (Å²) >= 11 is 0. The van der Waals surface area contributed by atoms with Crippen LogP contribution in [0.4, 0.5) is 0 Å². The van der Waals surface area contributed by atoms with E-state index >= 15 is 0 Å². The topological polar surface area (TPSA) is 121 Å². The van der Waals surface area contributed by atoms with Gasteiger partial charge in [-0.15, -0.1) is 0 Å². The summed E-state index contributed by atoms with van der Waals surface area (Å²) in [6.07, 6.45) is 5.57. The van der Waals surface area contributed by atoms with Gasteiger partial charge in [-0.2, -0.15) is 0 Å². The van der Waals surface area contributed by atoms with Crippen LogP contribution in [0.3, 0.4) is 0 Å². The maximum atomic E-state index is 12.0. The van der Waals surface area contributed by atoms with Crippen LogP contribution in [0, 0.1) is 0 Å². The van der Waals surface area contributed by atoms with Gasteiger partial charge < -0.3 is 16.2 Å². The standard InChI is InChI=1S/C15H18N4O3/c16-13(20)10-4-9-5-15(14(17)21,6-11-2-1-3-22-11)19-8-12(9)18-7-10/h4,7-8,11H,1-3,5-6H2,(H2,16,20)(H2,17,21)/t11-,15?/m0/s1. The van der Waals surface area contributed by atoms with Gasteiger partial charge in [0.2, 0.25) is 11.8 Å². The first-order valence-electron chi connectivity index (χ1n) is 7.26. The summed E-state index contributed by atoms with van der Waals surface area (Å²) < 4.78 is 5.61. The second kappa shape index (κ2) is 5.49. The van der Waals surface area contributed by atoms with E-state index < -0.39 is 17.4 Å². The molecule has 1 unspecified atom stereocenters. The van der Waals surface area contributed by atoms with Crippen LogP contribution in [-0.2, 0) is 16.0 Å². The first-order valence-corrected chi connectivity index (χ1v) is 7.26. The summed E-state index contributed by atoms with van der Waals surface area (Å²) in [5.41, 5.74) is 11.6. The number of amides is 2. The van der Waals surface area contributed by atoms with Gasteiger partial charge in [0.1, 0.15) is 5.54 Å². The molecule has 2 aliphatic rings. The first kappa shape index (κ1) is 14.6. The van der Waals surface area contributed by atoms with Gasteiger partial charge in [-0.25, -0.2) is 0 Å². The van der Waals surface area contributed by atoms with Crippen molar-refractivity contribution in [3.05, 3.63) is 29.1 Å². The number of hydrogen-bond acceptors (Lipinski definition) is 5. The smallest absolute Gasteiger partial charge is 0.250 e. The highest BCUT2D eigenvalue weighted by Gasteiger charge is 2.42. The number of rotatable bonds is 4. The molecule has 0 aliphatic carbocycles. The lowest BCUT2D eigenvalue weighted by molar-refractivity contribution is -0.124. The van der Waals surface area contributed by atoms with E-state index in [-0.39, 0.29) is 6.10 Å². The lowest BCUT2D eigenvalue weighted by Crippen LogP contribution is -2.48. The molecule has 2 aliphatic heterocycles. The van der Waals surface area contributed by atoms with Crippen molar-refractivity contribution in [1.29, 1.82) is 0 Å². The third kappa shape index (κ3) is 2.59. The summed E-state index contributed by atoms with van der Waals surface area (Å²) in [6, 6.07) is 1.66. The van der Waals surface area contributed by atoms with Crippen molar-refractivity contribution in [1.82, 2.24) is 4.98 Å². The molecular formula is C15H18N4O3. The number of primary amides is 2. The van der Waals surface area contributed by atoms with E-state index in [9.17, 15) is 9.59 Å². The molecule has 7 nitrogen and oxygen atoms in total. The van der Waals surface area contributed by atoms with Crippen molar-refractivity contribution in [2.45, 2.75) is 37.3 Å². The first-order chi connectivity index (χ1) is 10.5. The minimum atomic E-state index is -1.04. The number of ether oxygens (including phenoxy) is 1. The van der Waals surface area contributed by atoms with E-state index in [4.69, 9.17) is 16.2 Å². The average Bonchev–Trinajstić information content (AvgIpc) is 2.99. The lowest BCUT2D eigenvalue weighted by atomic mass is 9.82. The predicted octanol–water partition coefficient (Wildman–Crippen LogP) is -0.0513. The maximum Gasteiger partial charge on any atom is 0.250 e. The summed E-state index contributed by atoms with van der Waals surface area (Å²) in [4.78, 5) is 31.9. The van der Waals surface area contributed by atoms with Gasteiger partial charge in [-0.1, -0.05) is 0 Å². The molecule has 0 spiro atoms. The third-order valence-electron chi connectivity index (χ3n) is 4.25. The van der Waals surface area contributed by atoms with E-state index in [1.54, 1.807) is 12.3 Å². The number of carbonyl (C=O) groups excluding carboxylic acids is 2. The van der Waals surface area contributed by atoms with E-state index in [1.165, 1.54) is 6.20 Å². The van der Waals surface area contributed by atoms with Crippen LogP contribution in [0.15, 0.2) is 17.3 Å². The molecule has 3 heterocycles. The molecule has 1 aromatic heterocycles. The van der Waals surface area contributed by atoms with Gasteiger partial charge in [0.05, 0.1) is 17.4 Å². The molecule has 116 valence electrons. The van der Waals surface area contributed by atoms with E-state index in [0.717, 1.165) is 18.4 Å². The number of fused-ring (bicyclic) bond motifs is 1. The second-order valence-electron chi connectivity index (χ2n) is 5.80. The third-order valence-corrected chi connectivity index (χ3v) is 4.25. The Balaban J connectivity index is 1.92. The molecule has 0 radical (unpaired) electrons. The molecule has 2 amide bonds. The number of carbonyl (C=O) groups is 2. The van der Waals surface area contributed by atoms with Crippen molar-refractivity contribution < 1.29 is 14.3 Å². The number of hydrogen-bond donors (Lipinski definition) is 2. The number of aliphatic imine (C=N–C) groups is 1. The Morgan fingerprint density at radius 1 is 1.41 bits per heavy atom. The van der Waals surface area contributed by atoms with E-state index in [1.807, 2.05) is 0 Å². The molecule has 1 saturated heterocycles. The summed E-state index contributed by atoms with van der Waals surface area (Å²) in [7, 11) is 0. The van der Waals surface area contributed by atoms with Crippen molar-refractivity contribution in [3.63, 3.8) is 0 Å². The fourth-order valence-electron chi connectivity index (χ4n) is 3.02. The summed E-state index contributed by atoms with van der Waals surface area (Å²) in [6.45, 7) is 0.702. The molecule has 1 fully saturated rings. The molecule has 4 N–H and O–H groups in total. The average molecular weight is 302 g/mol. The monoisotopic (exact) mass is 302 g/mol. The Morgan fingerprint density at radius 3 is 2.86 bits per heavy atom. The lowest BCUT2D eigenvalue weighted by Gasteiger charge is -2.31. The highest BCUT2D eigenvalue weighted by molar-refractivity contribution is 5.95. The van der Waals surface area contributed by atoms with Crippen LogP contribution >= 0.6 is 0 Å². The van der Waals surface area contributed by atoms with Crippen molar-refractivity contribution in [2.75, 3.05) is 6.61 Å². The van der Waals surface area contributed by atoms with Crippen LogP contribution < -0.4 is 11.5 Å². The molecule has 2 atom stereocenters. The zero-order chi connectivity index (χ0) is 15.7. The van der Waals surface area contributed by atoms with Gasteiger partial charge in [-0.05, 0) is 24.5 Å². The minimum absolute atomic E-state index is 0.0153. The van der Waals surface area contributed by atoms with E-state index in [0.29, 0.717) is 30.7 Å². The van der Waals surface area contributed by atoms with Crippen molar-refractivity contribution >= 4 is 18.0 Å². The highest BCUT2D eigenvalue weighted by atomic mass is 16.5. The fraction of sp³-hybridized carbons (Fsp3) is 0.467. The van der Waals surface area contributed by atoms with Crippen LogP contribution in [-0.4, -0.2) is 41.3 Å². The molecular weight excluding hydrogens is 284 g/mol. The molecule has 7 heteroatoms. The highest BCUT2D eigenvalue weighted by Crippen LogP contribution is 2.32. The number of aromatic nitrogens is 1. The summed E-state index contributed by atoms with van der Waals surface area (Å²) in [5.74, 6) is -1.05. The van der Waals surface area contributed by atoms with Gasteiger partial charge in [-0.3, -0.25) is 19.6 Å². The number of nitrogens with zero attached hydrogens (tertiary/aromatic N) is 2. The van der Waals surface area contributed by atoms with Crippen LogP contribution in [0.2, 0.25) is 0 Å². The maximum absolute atomic E-state index is 12.0. The Kier molecular flexibility index (Phi) is 3.66. The molecule has 0 aromatic carbocycles. The van der Waals surface area contributed by atoms with Crippen LogP contribution in [0.25, 0.3) is 0 Å². The van der Waals surface area contributed by atoms with Gasteiger partial charge >= 0.3 is 0 Å². The van der Waals surface area contributed by atoms with Gasteiger partial charge in [0.25, 0.3) is 0 Å². The Morgan fingerprint density at radius 2 is 2.23 bits per heavy atom. The quantitative estimate of drug-likeness (QED) is 0.809. The largest absolute Gasteiger partial charge is 0.378 e. The van der Waals surface area contributed by atoms with E-state index in [2.05, 4.69) is 9.98 Å². The zero-order valence-electron chi connectivity index (χ0n) is 12.1. The van der Waals surface area contributed by atoms with Crippen molar-refractivity contribution in [2.24, 2.45) is 16.5 Å². The molecule has 0 saturated carbocycles. The minimum Gasteiger partial charge on any atom is -0.378 e. The molecule has 0 bridgehead atoms. The zero-order valence-corrected chi connectivity index (χ0v) is 12.1. The predicted molar refractivity (Wildman–Crippen MR) is 79.6 cm³/mol. The summed E-state index contributed by atoms with van der Waals surface area (Å²) in [5, 5.41) is 0. The molecule has 3 rings (SSSR count). The molecule has 22 heavy (non-hydrogen) atoms. The normalized spacial score (nSPS) is 26.6. The van der Waals surface area contributed by atoms with Crippen LogP contribution in [0.1, 0.15) is 40.9 Å². The fourth-order valence-corrected chi connectivity index (χ4v) is 3.02. The number of pyridine rings is 1. The Hall–Kier alpha value is -2.28. The SMILES string of the molecule is NC(=O)c1cnc2c(c1)CC(C[C@@H]1CCCO1)(C(N)=O)N=C2. The van der Waals surface area contributed by atoms with Crippen molar-refractivity contribution in [3.8, 4) is 0 Å². The Bertz CT molecular complexity index is 652. The van der Waals surface area contributed by atoms with Gasteiger partial charge in [0.15, 0.2) is 0 Å².